The van der Waals surface area contributed by atoms with E-state index in [0.29, 0.717) is 17.6 Å². The van der Waals surface area contributed by atoms with E-state index in [1.165, 1.54) is 19.3 Å². The number of halogens is 1. The van der Waals surface area contributed by atoms with Crippen molar-refractivity contribution in [2.75, 3.05) is 7.11 Å². The molecule has 0 aromatic heterocycles. The van der Waals surface area contributed by atoms with Gasteiger partial charge in [0, 0.05) is 10.0 Å². The van der Waals surface area contributed by atoms with Crippen LogP contribution >= 0.6 is 15.9 Å². The van der Waals surface area contributed by atoms with Gasteiger partial charge in [0.1, 0.15) is 6.29 Å². The summed E-state index contributed by atoms with van der Waals surface area (Å²) in [5, 5.41) is 9.63. The van der Waals surface area contributed by atoms with Crippen LogP contribution in [0, 0.1) is 0 Å². The third kappa shape index (κ3) is 2.35. The number of methoxy groups -OCH3 is 1. The highest BCUT2D eigenvalue weighted by Gasteiger charge is 2.06. The zero-order valence-corrected chi connectivity index (χ0v) is 9.11. The van der Waals surface area contributed by atoms with Crippen LogP contribution in [-0.2, 0) is 4.79 Å². The van der Waals surface area contributed by atoms with Crippen LogP contribution in [0.15, 0.2) is 22.7 Å². The molecule has 0 aliphatic rings. The first kappa shape index (κ1) is 10.8. The second-order valence-corrected chi connectivity index (χ2v) is 3.46. The maximum atomic E-state index is 10.1. The topological polar surface area (TPSA) is 46.5 Å². The van der Waals surface area contributed by atoms with Crippen molar-refractivity contribution >= 4 is 28.3 Å². The SMILES string of the molecule is COc1cc(Br)cc(C=CC=O)c1O. The number of phenolic OH excluding ortho intramolecular Hbond substituents is 1. The predicted octanol–water partition coefficient (Wildman–Crippen LogP) is 2.38. The number of carbonyl (C=O) groups excluding carboxylic acids is 1. The zero-order chi connectivity index (χ0) is 10.6. The van der Waals surface area contributed by atoms with E-state index in [1.54, 1.807) is 12.1 Å². The Balaban J connectivity index is 3.21. The minimum atomic E-state index is 0.0220. The highest BCUT2D eigenvalue weighted by Crippen LogP contribution is 2.34. The van der Waals surface area contributed by atoms with Crippen LogP contribution in [0.1, 0.15) is 5.56 Å². The van der Waals surface area contributed by atoms with Gasteiger partial charge in [0.15, 0.2) is 11.5 Å². The monoisotopic (exact) mass is 256 g/mol. The van der Waals surface area contributed by atoms with Gasteiger partial charge >= 0.3 is 0 Å². The van der Waals surface area contributed by atoms with Gasteiger partial charge in [-0.3, -0.25) is 4.79 Å². The Labute approximate surface area is 90.1 Å². The van der Waals surface area contributed by atoms with E-state index in [-0.39, 0.29) is 5.75 Å². The van der Waals surface area contributed by atoms with Gasteiger partial charge in [0.2, 0.25) is 0 Å². The van der Waals surface area contributed by atoms with Gasteiger partial charge in [-0.25, -0.2) is 0 Å². The van der Waals surface area contributed by atoms with E-state index < -0.39 is 0 Å². The molecule has 0 aliphatic carbocycles. The molecule has 1 aromatic rings. The van der Waals surface area contributed by atoms with Crippen molar-refractivity contribution in [1.82, 2.24) is 0 Å². The van der Waals surface area contributed by atoms with Crippen molar-refractivity contribution in [2.45, 2.75) is 0 Å². The van der Waals surface area contributed by atoms with Crippen LogP contribution in [0.4, 0.5) is 0 Å². The Morgan fingerprint density at radius 1 is 1.50 bits per heavy atom. The first-order valence-electron chi connectivity index (χ1n) is 3.87. The first-order chi connectivity index (χ1) is 6.69. The fourth-order valence-electron chi connectivity index (χ4n) is 1.02. The Kier molecular flexibility index (Phi) is 3.71. The molecule has 1 rings (SSSR count). The number of allylic oxidation sites excluding steroid dienone is 1. The maximum Gasteiger partial charge on any atom is 0.165 e. The minimum absolute atomic E-state index is 0.0220. The molecule has 0 atom stereocenters. The lowest BCUT2D eigenvalue weighted by Crippen LogP contribution is -1.86. The number of aromatic hydroxyl groups is 1. The number of carbonyl (C=O) groups is 1. The third-order valence-electron chi connectivity index (χ3n) is 1.64. The summed E-state index contributed by atoms with van der Waals surface area (Å²) in [5.41, 5.74) is 0.531. The van der Waals surface area contributed by atoms with Gasteiger partial charge in [-0.05, 0) is 24.3 Å². The van der Waals surface area contributed by atoms with Crippen molar-refractivity contribution in [2.24, 2.45) is 0 Å². The number of hydrogen-bond acceptors (Lipinski definition) is 3. The van der Waals surface area contributed by atoms with Crippen molar-refractivity contribution in [3.63, 3.8) is 0 Å². The summed E-state index contributed by atoms with van der Waals surface area (Å²) >= 11 is 3.27. The molecule has 0 aliphatic heterocycles. The molecule has 0 radical (unpaired) electrons. The smallest absolute Gasteiger partial charge is 0.165 e. The summed E-state index contributed by atoms with van der Waals surface area (Å²) in [6, 6.07) is 3.34. The molecule has 14 heavy (non-hydrogen) atoms. The molecular weight excluding hydrogens is 248 g/mol. The van der Waals surface area contributed by atoms with Gasteiger partial charge < -0.3 is 9.84 Å². The molecular formula is C10H9BrO3. The van der Waals surface area contributed by atoms with Crippen molar-refractivity contribution in [3.8, 4) is 11.5 Å². The van der Waals surface area contributed by atoms with Gasteiger partial charge in [-0.15, -0.1) is 0 Å². The number of phenols is 1. The molecule has 0 saturated carbocycles. The molecule has 74 valence electrons. The minimum Gasteiger partial charge on any atom is -0.504 e. The van der Waals surface area contributed by atoms with Gasteiger partial charge in [-0.1, -0.05) is 15.9 Å². The molecule has 4 heteroatoms. The zero-order valence-electron chi connectivity index (χ0n) is 7.53. The number of rotatable bonds is 3. The molecule has 0 spiro atoms. The summed E-state index contributed by atoms with van der Waals surface area (Å²) in [6.45, 7) is 0. The Bertz CT molecular complexity index is 372. The Morgan fingerprint density at radius 2 is 2.21 bits per heavy atom. The van der Waals surface area contributed by atoms with Crippen LogP contribution in [0.25, 0.3) is 6.08 Å². The van der Waals surface area contributed by atoms with Crippen molar-refractivity contribution in [3.05, 3.63) is 28.2 Å². The molecule has 0 fully saturated rings. The fourth-order valence-corrected chi connectivity index (χ4v) is 1.47. The molecule has 0 saturated heterocycles. The normalized spacial score (nSPS) is 10.4. The van der Waals surface area contributed by atoms with Crippen LogP contribution in [0.3, 0.4) is 0 Å². The first-order valence-corrected chi connectivity index (χ1v) is 4.66. The van der Waals surface area contributed by atoms with E-state index in [0.717, 1.165) is 4.47 Å². The van der Waals surface area contributed by atoms with Gasteiger partial charge in [-0.2, -0.15) is 0 Å². The van der Waals surface area contributed by atoms with E-state index in [4.69, 9.17) is 4.74 Å². The van der Waals surface area contributed by atoms with Gasteiger partial charge in [0.25, 0.3) is 0 Å². The molecule has 1 N–H and O–H groups in total. The highest BCUT2D eigenvalue weighted by atomic mass is 79.9. The van der Waals surface area contributed by atoms with Crippen LogP contribution in [-0.4, -0.2) is 18.5 Å². The summed E-state index contributed by atoms with van der Waals surface area (Å²) < 4.78 is 5.72. The number of hydrogen-bond donors (Lipinski definition) is 1. The number of ether oxygens (including phenoxy) is 1. The predicted molar refractivity (Wildman–Crippen MR) is 57.5 cm³/mol. The van der Waals surface area contributed by atoms with Crippen LogP contribution < -0.4 is 4.74 Å². The van der Waals surface area contributed by atoms with E-state index in [2.05, 4.69) is 15.9 Å². The summed E-state index contributed by atoms with van der Waals surface area (Å²) in [6.07, 6.45) is 3.46. The van der Waals surface area contributed by atoms with E-state index in [1.807, 2.05) is 0 Å². The fraction of sp³-hybridized carbons (Fsp3) is 0.100. The number of benzene rings is 1. The Morgan fingerprint density at radius 3 is 2.79 bits per heavy atom. The molecule has 0 bridgehead atoms. The van der Waals surface area contributed by atoms with E-state index in [9.17, 15) is 9.90 Å². The van der Waals surface area contributed by atoms with Crippen molar-refractivity contribution < 1.29 is 14.6 Å². The largest absolute Gasteiger partial charge is 0.504 e. The van der Waals surface area contributed by atoms with E-state index >= 15 is 0 Å². The second kappa shape index (κ2) is 4.81. The highest BCUT2D eigenvalue weighted by molar-refractivity contribution is 9.10. The summed E-state index contributed by atoms with van der Waals surface area (Å²) in [5.74, 6) is 0.388. The lowest BCUT2D eigenvalue weighted by molar-refractivity contribution is -0.104. The Hall–Kier alpha value is -1.29. The molecule has 1 aromatic carbocycles. The standard InChI is InChI=1S/C10H9BrO3/c1-14-9-6-8(11)5-7(10(9)13)3-2-4-12/h2-6,13H,1H3. The quantitative estimate of drug-likeness (QED) is 0.668. The van der Waals surface area contributed by atoms with Crippen LogP contribution in [0.2, 0.25) is 0 Å². The average Bonchev–Trinajstić information content (AvgIpc) is 2.18. The number of aldehydes is 1. The molecule has 0 heterocycles. The molecule has 0 unspecified atom stereocenters. The second-order valence-electron chi connectivity index (χ2n) is 2.54. The average molecular weight is 257 g/mol. The van der Waals surface area contributed by atoms with Gasteiger partial charge in [0.05, 0.1) is 7.11 Å². The summed E-state index contributed by atoms with van der Waals surface area (Å²) in [4.78, 5) is 10.1. The lowest BCUT2D eigenvalue weighted by atomic mass is 10.2. The molecule has 0 amide bonds. The van der Waals surface area contributed by atoms with Crippen LogP contribution in [0.5, 0.6) is 11.5 Å². The maximum absolute atomic E-state index is 10.1. The molecule has 3 nitrogen and oxygen atoms in total. The lowest BCUT2D eigenvalue weighted by Gasteiger charge is -2.06. The third-order valence-corrected chi connectivity index (χ3v) is 2.10. The van der Waals surface area contributed by atoms with Crippen molar-refractivity contribution in [1.29, 1.82) is 0 Å². The summed E-state index contributed by atoms with van der Waals surface area (Å²) in [7, 11) is 1.47.